The fourth-order valence-corrected chi connectivity index (χ4v) is 6.73. The molecule has 41 heavy (non-hydrogen) atoms. The number of aromatic hydroxyl groups is 2. The molecular weight excluding hydrogens is 554 g/mol. The molecule has 2 saturated heterocycles. The Kier molecular flexibility index (Phi) is 7.81. The number of carbonyl (C=O) groups is 3. The highest BCUT2D eigenvalue weighted by molar-refractivity contribution is 7.86. The van der Waals surface area contributed by atoms with E-state index < -0.39 is 40.2 Å². The number of hydrogen-bond donors (Lipinski definition) is 3. The van der Waals surface area contributed by atoms with E-state index in [9.17, 15) is 38.1 Å². The number of Topliss-reactive ketones (excluding diaryl/α,β-unsaturated/α-hetero) is 1. The first-order chi connectivity index (χ1) is 19.3. The highest BCUT2D eigenvalue weighted by Gasteiger charge is 2.45. The van der Waals surface area contributed by atoms with Gasteiger partial charge in [-0.05, 0) is 33.1 Å². The van der Waals surface area contributed by atoms with Gasteiger partial charge in [0, 0.05) is 53.7 Å². The summed E-state index contributed by atoms with van der Waals surface area (Å²) in [7, 11) is -3.50. The van der Waals surface area contributed by atoms with E-state index in [1.54, 1.807) is 25.1 Å². The van der Waals surface area contributed by atoms with Gasteiger partial charge in [-0.3, -0.25) is 23.5 Å². The largest absolute Gasteiger partial charge is 0.507 e. The molecule has 3 N–H and O–H groups in total. The van der Waals surface area contributed by atoms with E-state index in [0.717, 1.165) is 19.3 Å². The van der Waals surface area contributed by atoms with Crippen molar-refractivity contribution in [2.75, 3.05) is 19.3 Å². The van der Waals surface area contributed by atoms with Crippen LogP contribution in [0.25, 0.3) is 0 Å². The van der Waals surface area contributed by atoms with E-state index in [4.69, 9.17) is 8.92 Å². The smallest absolute Gasteiger partial charge is 0.264 e. The molecule has 4 aliphatic rings. The molecule has 2 aliphatic carbocycles. The Bertz CT molecular complexity index is 1530. The molecule has 2 aromatic rings. The number of ether oxygens (including phenoxy) is 1. The molecule has 0 aromatic heterocycles. The second-order valence-corrected chi connectivity index (χ2v) is 12.7. The van der Waals surface area contributed by atoms with Crippen molar-refractivity contribution in [3.05, 3.63) is 57.6 Å². The number of hydrogen-bond acceptors (Lipinski definition) is 11. The van der Waals surface area contributed by atoms with E-state index >= 15 is 0 Å². The van der Waals surface area contributed by atoms with E-state index in [1.165, 1.54) is 13.0 Å². The van der Waals surface area contributed by atoms with Gasteiger partial charge in [-0.2, -0.15) is 8.42 Å². The van der Waals surface area contributed by atoms with Crippen molar-refractivity contribution >= 4 is 27.5 Å². The summed E-state index contributed by atoms with van der Waals surface area (Å²) < 4.78 is 32.6. The molecule has 0 spiro atoms. The number of ketones is 3. The summed E-state index contributed by atoms with van der Waals surface area (Å²) in [5.74, 6) is -1.70. The van der Waals surface area contributed by atoms with Crippen molar-refractivity contribution in [1.82, 2.24) is 4.90 Å². The Morgan fingerprint density at radius 2 is 1.59 bits per heavy atom. The molecule has 5 unspecified atom stereocenters. The van der Waals surface area contributed by atoms with Crippen LogP contribution in [-0.2, 0) is 36.7 Å². The van der Waals surface area contributed by atoms with Crippen LogP contribution in [0.5, 0.6) is 11.5 Å². The Hall–Kier alpha value is -3.16. The first kappa shape index (κ1) is 29.3. The summed E-state index contributed by atoms with van der Waals surface area (Å²) in [6, 6.07) is 6.30. The van der Waals surface area contributed by atoms with Crippen molar-refractivity contribution in [3.63, 3.8) is 0 Å². The van der Waals surface area contributed by atoms with Gasteiger partial charge in [-0.15, -0.1) is 0 Å². The van der Waals surface area contributed by atoms with E-state index in [-0.39, 0.29) is 57.9 Å². The maximum Gasteiger partial charge on any atom is 0.264 e. The Morgan fingerprint density at radius 1 is 1.02 bits per heavy atom. The molecule has 0 radical (unpaired) electrons. The predicted octanol–water partition coefficient (Wildman–Crippen LogP) is 1.71. The van der Waals surface area contributed by atoms with Gasteiger partial charge in [0.15, 0.2) is 17.9 Å². The first-order valence-electron chi connectivity index (χ1n) is 13.5. The van der Waals surface area contributed by atoms with Crippen LogP contribution in [0, 0.1) is 5.92 Å². The third-order valence-corrected chi connectivity index (χ3v) is 8.76. The third kappa shape index (κ3) is 5.67. The summed E-state index contributed by atoms with van der Waals surface area (Å²) in [5, 5.41) is 30.9. The van der Waals surface area contributed by atoms with E-state index in [2.05, 4.69) is 4.90 Å². The average molecular weight is 588 g/mol. The normalized spacial score (nSPS) is 27.2. The number of phenols is 2. The van der Waals surface area contributed by atoms with Gasteiger partial charge in [0.25, 0.3) is 10.1 Å². The summed E-state index contributed by atoms with van der Waals surface area (Å²) in [6.07, 6.45) is 0.835. The monoisotopic (exact) mass is 587 g/mol. The van der Waals surface area contributed by atoms with Gasteiger partial charge in [-0.1, -0.05) is 24.3 Å². The van der Waals surface area contributed by atoms with Gasteiger partial charge in [0.1, 0.15) is 23.4 Å². The lowest BCUT2D eigenvalue weighted by molar-refractivity contribution is -0.202. The molecule has 2 heterocycles. The lowest BCUT2D eigenvalue weighted by Gasteiger charge is -2.38. The van der Waals surface area contributed by atoms with E-state index in [0.29, 0.717) is 30.4 Å². The fourth-order valence-electron chi connectivity index (χ4n) is 6.04. The quantitative estimate of drug-likeness (QED) is 0.231. The van der Waals surface area contributed by atoms with Crippen LogP contribution in [-0.4, -0.2) is 89.9 Å². The van der Waals surface area contributed by atoms with Gasteiger partial charge in [0.2, 0.25) is 0 Å². The molecule has 6 rings (SSSR count). The van der Waals surface area contributed by atoms with Crippen LogP contribution in [0.3, 0.4) is 0 Å². The maximum absolute atomic E-state index is 12.8. The molecule has 5 atom stereocenters. The minimum absolute atomic E-state index is 0.00927. The lowest BCUT2D eigenvalue weighted by atomic mass is 9.75. The molecule has 0 amide bonds. The maximum atomic E-state index is 12.8. The number of fused-ring (bicyclic) bond motifs is 3. The Labute approximate surface area is 237 Å². The molecule has 0 saturated carbocycles. The number of phenolic OH excluding ortho intramolecular Hbond substituents is 2. The van der Waals surface area contributed by atoms with Crippen molar-refractivity contribution in [2.45, 2.75) is 64.1 Å². The summed E-state index contributed by atoms with van der Waals surface area (Å²) in [4.78, 5) is 39.4. The Morgan fingerprint density at radius 3 is 2.10 bits per heavy atom. The number of nitrogens with zero attached hydrogens (tertiary/aromatic N) is 1. The van der Waals surface area contributed by atoms with Crippen LogP contribution >= 0.6 is 0 Å². The van der Waals surface area contributed by atoms with Crippen LogP contribution in [0.1, 0.15) is 69.7 Å². The van der Waals surface area contributed by atoms with Gasteiger partial charge in [0.05, 0.1) is 23.5 Å². The second-order valence-electron chi connectivity index (χ2n) is 11.1. The van der Waals surface area contributed by atoms with Crippen LogP contribution in [0.15, 0.2) is 24.3 Å². The second kappa shape index (κ2) is 10.9. The zero-order valence-corrected chi connectivity index (χ0v) is 23.8. The number of rotatable bonds is 4. The molecule has 2 aliphatic heterocycles. The van der Waals surface area contributed by atoms with Crippen molar-refractivity contribution in [1.29, 1.82) is 0 Å². The molecule has 11 nitrogen and oxygen atoms in total. The van der Waals surface area contributed by atoms with Crippen LogP contribution in [0.2, 0.25) is 0 Å². The lowest BCUT2D eigenvalue weighted by Crippen LogP contribution is -2.52. The molecule has 220 valence electrons. The summed E-state index contributed by atoms with van der Waals surface area (Å²) >= 11 is 0. The Balaban J connectivity index is 0.000000182. The standard InChI is InChI=1S/C20H16O5.C9H17NO5S/c1-9(21)10-6-7-13-14(8-10)20(25)16-15(19(13)24)17(22)11-4-2-3-5-12(11)18(16)23;1-6-9(15-16(2,12)13)7(10-3-4-10)5-8(11)14-6/h2-5,10,24-25H,6-8H2,1H3;6-9,11H,3-5H2,1-2H3. The molecule has 2 aromatic carbocycles. The van der Waals surface area contributed by atoms with Gasteiger partial charge in [-0.25, -0.2) is 0 Å². The third-order valence-electron chi connectivity index (χ3n) is 8.19. The zero-order chi connectivity index (χ0) is 29.8. The SMILES string of the molecule is CC(=O)C1CCc2c(O)c3c(c(O)c2C1)C(=O)c1ccccc1C3=O.CC1OC(O)CC(N2CC2)C1OS(C)(=O)=O. The van der Waals surface area contributed by atoms with Gasteiger partial charge >= 0.3 is 0 Å². The molecule has 2 fully saturated rings. The number of carbonyl (C=O) groups excluding carboxylic acids is 3. The number of benzene rings is 2. The number of aliphatic hydroxyl groups is 1. The number of aliphatic hydroxyl groups excluding tert-OH is 1. The zero-order valence-electron chi connectivity index (χ0n) is 23.0. The first-order valence-corrected chi connectivity index (χ1v) is 15.3. The summed E-state index contributed by atoms with van der Waals surface area (Å²) in [5.41, 5.74) is 1.04. The summed E-state index contributed by atoms with van der Waals surface area (Å²) in [6.45, 7) is 5.06. The molecular formula is C29H33NO10S. The van der Waals surface area contributed by atoms with Crippen molar-refractivity contribution < 1.29 is 47.0 Å². The van der Waals surface area contributed by atoms with Crippen molar-refractivity contribution in [3.8, 4) is 11.5 Å². The minimum Gasteiger partial charge on any atom is -0.507 e. The molecule has 12 heteroatoms. The van der Waals surface area contributed by atoms with Crippen LogP contribution < -0.4 is 0 Å². The minimum atomic E-state index is -3.50. The predicted molar refractivity (Wildman–Crippen MR) is 146 cm³/mol. The average Bonchev–Trinajstić information content (AvgIpc) is 3.76. The van der Waals surface area contributed by atoms with Crippen LogP contribution in [0.4, 0.5) is 0 Å². The highest BCUT2D eigenvalue weighted by Crippen LogP contribution is 2.46. The van der Waals surface area contributed by atoms with E-state index in [1.807, 2.05) is 0 Å². The van der Waals surface area contributed by atoms with Gasteiger partial charge < -0.3 is 20.1 Å². The highest BCUT2D eigenvalue weighted by atomic mass is 32.2. The topological polar surface area (TPSA) is 168 Å². The molecule has 0 bridgehead atoms. The fraction of sp³-hybridized carbons (Fsp3) is 0.483. The van der Waals surface area contributed by atoms with Crippen molar-refractivity contribution in [2.24, 2.45) is 5.92 Å².